The highest BCUT2D eigenvalue weighted by atomic mass is 35.5. The molecule has 0 radical (unpaired) electrons. The van der Waals surface area contributed by atoms with Crippen molar-refractivity contribution in [3.8, 4) is 5.75 Å². The van der Waals surface area contributed by atoms with Crippen LogP contribution in [0.2, 0.25) is 10.0 Å². The van der Waals surface area contributed by atoms with E-state index < -0.39 is 12.5 Å². The van der Waals surface area contributed by atoms with Gasteiger partial charge in [-0.05, 0) is 49.7 Å². The molecule has 2 rings (SSSR count). The van der Waals surface area contributed by atoms with Gasteiger partial charge >= 0.3 is 0 Å². The van der Waals surface area contributed by atoms with Crippen molar-refractivity contribution in [3.63, 3.8) is 0 Å². The Morgan fingerprint density at radius 1 is 0.939 bits per heavy atom. The zero-order valence-corrected chi connectivity index (χ0v) is 20.0. The zero-order chi connectivity index (χ0) is 24.1. The van der Waals surface area contributed by atoms with E-state index in [0.717, 1.165) is 31.2 Å². The molecule has 0 bridgehead atoms. The van der Waals surface area contributed by atoms with Crippen molar-refractivity contribution >= 4 is 23.2 Å². The summed E-state index contributed by atoms with van der Waals surface area (Å²) in [5, 5.41) is 32.8. The Balaban J connectivity index is 1.46. The fraction of sp³-hybridized carbons (Fsp3) is 0.500. The minimum atomic E-state index is -2.58. The number of ether oxygens (including phenoxy) is 2. The summed E-state index contributed by atoms with van der Waals surface area (Å²) in [5.74, 6) is -2.71. The second-order valence-corrected chi connectivity index (χ2v) is 8.53. The van der Waals surface area contributed by atoms with Gasteiger partial charge in [-0.2, -0.15) is 0 Å². The van der Waals surface area contributed by atoms with Crippen molar-refractivity contribution in [2.75, 3.05) is 32.9 Å². The fourth-order valence-corrected chi connectivity index (χ4v) is 3.69. The molecule has 2 aromatic rings. The normalized spacial score (nSPS) is 13.2. The molecule has 0 aliphatic heterocycles. The molecule has 6 nitrogen and oxygen atoms in total. The Bertz CT molecular complexity index is 833. The van der Waals surface area contributed by atoms with Gasteiger partial charge in [-0.15, -0.1) is 0 Å². The molecule has 0 fully saturated rings. The molecule has 0 aliphatic rings. The Labute approximate surface area is 204 Å². The average Bonchev–Trinajstić information content (AvgIpc) is 2.78. The molecule has 0 aliphatic carbocycles. The predicted octanol–water partition coefficient (Wildman–Crippen LogP) is 4.69. The average molecular weight is 504 g/mol. The van der Waals surface area contributed by atoms with Crippen LogP contribution in [0.3, 0.4) is 0 Å². The second-order valence-electron chi connectivity index (χ2n) is 7.72. The number of hydrogen-bond acceptors (Lipinski definition) is 6. The Hall–Kier alpha value is -1.45. The van der Waals surface area contributed by atoms with Gasteiger partial charge in [0.2, 0.25) is 5.85 Å². The Morgan fingerprint density at radius 3 is 2.36 bits per heavy atom. The molecule has 9 heteroatoms. The first-order valence-electron chi connectivity index (χ1n) is 11.0. The first-order chi connectivity index (χ1) is 15.8. The van der Waals surface area contributed by atoms with Crippen LogP contribution < -0.4 is 5.32 Å². The number of nitrogens with one attached hydrogen (secondary N) is 1. The van der Waals surface area contributed by atoms with Crippen molar-refractivity contribution in [2.45, 2.75) is 44.8 Å². The molecule has 2 aromatic carbocycles. The number of unbranched alkanes of at least 4 members (excludes halogenated alkanes) is 3. The van der Waals surface area contributed by atoms with Gasteiger partial charge in [-0.3, -0.25) is 0 Å². The largest absolute Gasteiger partial charge is 0.508 e. The fourth-order valence-electron chi connectivity index (χ4n) is 3.18. The highest BCUT2D eigenvalue weighted by Gasteiger charge is 2.28. The van der Waals surface area contributed by atoms with E-state index >= 15 is 0 Å². The van der Waals surface area contributed by atoms with Crippen LogP contribution in [0.1, 0.15) is 42.4 Å². The summed E-state index contributed by atoms with van der Waals surface area (Å²) in [5.41, 5.74) is 0.939. The number of benzene rings is 2. The number of hydrogen-bond donors (Lipinski definition) is 4. The van der Waals surface area contributed by atoms with E-state index in [0.29, 0.717) is 43.0 Å². The smallest absolute Gasteiger partial charge is 0.245 e. The maximum absolute atomic E-state index is 14.5. The number of alkyl halides is 1. The zero-order valence-electron chi connectivity index (χ0n) is 18.5. The third kappa shape index (κ3) is 9.74. The summed E-state index contributed by atoms with van der Waals surface area (Å²) in [6, 6.07) is 9.16. The molecule has 0 amide bonds. The SMILES string of the molecule is OCc1cc([C@@](O)(F)CNCCCCCCOCCOCc2c(Cl)cccc2Cl)ccc1O. The van der Waals surface area contributed by atoms with Gasteiger partial charge in [-0.1, -0.05) is 42.1 Å². The molecule has 1 atom stereocenters. The van der Waals surface area contributed by atoms with Crippen LogP contribution in [-0.4, -0.2) is 48.2 Å². The molecule has 0 spiro atoms. The minimum Gasteiger partial charge on any atom is -0.508 e. The predicted molar refractivity (Wildman–Crippen MR) is 127 cm³/mol. The number of halogens is 3. The lowest BCUT2D eigenvalue weighted by atomic mass is 10.0. The van der Waals surface area contributed by atoms with Crippen molar-refractivity contribution in [2.24, 2.45) is 0 Å². The maximum atomic E-state index is 14.5. The highest BCUT2D eigenvalue weighted by Crippen LogP contribution is 2.27. The van der Waals surface area contributed by atoms with E-state index in [2.05, 4.69) is 5.32 Å². The monoisotopic (exact) mass is 503 g/mol. The van der Waals surface area contributed by atoms with Crippen LogP contribution in [0.5, 0.6) is 5.75 Å². The summed E-state index contributed by atoms with van der Waals surface area (Å²) in [6.45, 7) is 1.80. The molecule has 4 N–H and O–H groups in total. The Kier molecular flexibility index (Phi) is 12.4. The lowest BCUT2D eigenvalue weighted by molar-refractivity contribution is -0.0924. The number of aromatic hydroxyl groups is 1. The van der Waals surface area contributed by atoms with E-state index in [4.69, 9.17) is 37.8 Å². The quantitative estimate of drug-likeness (QED) is 0.248. The molecule has 0 saturated heterocycles. The molecule has 0 aromatic heterocycles. The van der Waals surface area contributed by atoms with E-state index in [1.165, 1.54) is 18.2 Å². The number of aliphatic hydroxyl groups excluding tert-OH is 1. The van der Waals surface area contributed by atoms with Crippen LogP contribution in [0.4, 0.5) is 4.39 Å². The van der Waals surface area contributed by atoms with Gasteiger partial charge in [-0.25, -0.2) is 4.39 Å². The molecule has 184 valence electrons. The van der Waals surface area contributed by atoms with Gasteiger partial charge in [0, 0.05) is 33.3 Å². The van der Waals surface area contributed by atoms with Gasteiger partial charge in [0.1, 0.15) is 5.75 Å². The van der Waals surface area contributed by atoms with Gasteiger partial charge in [0.15, 0.2) is 0 Å². The van der Waals surface area contributed by atoms with Gasteiger partial charge in [0.05, 0.1) is 33.0 Å². The molecule has 0 saturated carbocycles. The standard InChI is InChI=1S/C24H32Cl2FNO5/c25-21-6-5-7-22(26)20(21)16-33-13-12-32-11-4-2-1-3-10-28-17-24(27,31)19-8-9-23(30)18(14-19)15-29/h5-9,14,28-31H,1-4,10-13,15-17H2/t24-/m1/s1. The first-order valence-corrected chi connectivity index (χ1v) is 11.7. The topological polar surface area (TPSA) is 91.2 Å². The molecular formula is C24H32Cl2FNO5. The minimum absolute atomic E-state index is 0.00654. The van der Waals surface area contributed by atoms with Crippen LogP contribution in [-0.2, 0) is 28.5 Å². The van der Waals surface area contributed by atoms with E-state index in [9.17, 15) is 14.6 Å². The first kappa shape index (κ1) is 27.8. The lowest BCUT2D eigenvalue weighted by Crippen LogP contribution is -2.34. The van der Waals surface area contributed by atoms with Crippen LogP contribution >= 0.6 is 23.2 Å². The van der Waals surface area contributed by atoms with Crippen LogP contribution in [0.25, 0.3) is 0 Å². The summed E-state index contributed by atoms with van der Waals surface area (Å²) < 4.78 is 25.6. The summed E-state index contributed by atoms with van der Waals surface area (Å²) in [4.78, 5) is 0. The number of phenols is 1. The van der Waals surface area contributed by atoms with E-state index in [1.54, 1.807) is 18.2 Å². The third-order valence-corrected chi connectivity index (χ3v) is 5.83. The summed E-state index contributed by atoms with van der Waals surface area (Å²) in [6.07, 6.45) is 3.70. The van der Waals surface area contributed by atoms with Gasteiger partial charge < -0.3 is 30.1 Å². The van der Waals surface area contributed by atoms with E-state index in [-0.39, 0.29) is 23.4 Å². The molecular weight excluding hydrogens is 472 g/mol. The van der Waals surface area contributed by atoms with E-state index in [1.807, 2.05) is 0 Å². The van der Waals surface area contributed by atoms with Crippen LogP contribution in [0, 0.1) is 0 Å². The molecule has 0 unspecified atom stereocenters. The number of aliphatic hydroxyl groups is 2. The third-order valence-electron chi connectivity index (χ3n) is 5.12. The van der Waals surface area contributed by atoms with Crippen molar-refractivity contribution in [1.82, 2.24) is 5.32 Å². The van der Waals surface area contributed by atoms with Crippen molar-refractivity contribution < 1.29 is 29.2 Å². The lowest BCUT2D eigenvalue weighted by Gasteiger charge is -2.21. The van der Waals surface area contributed by atoms with Crippen molar-refractivity contribution in [3.05, 3.63) is 63.1 Å². The summed E-state index contributed by atoms with van der Waals surface area (Å²) in [7, 11) is 0. The van der Waals surface area contributed by atoms with Crippen molar-refractivity contribution in [1.29, 1.82) is 0 Å². The summed E-state index contributed by atoms with van der Waals surface area (Å²) >= 11 is 12.2. The van der Waals surface area contributed by atoms with Crippen LogP contribution in [0.15, 0.2) is 36.4 Å². The highest BCUT2D eigenvalue weighted by molar-refractivity contribution is 6.35. The maximum Gasteiger partial charge on any atom is 0.245 e. The Morgan fingerprint density at radius 2 is 1.64 bits per heavy atom. The second kappa shape index (κ2) is 14.7. The molecule has 33 heavy (non-hydrogen) atoms. The molecule has 0 heterocycles. The van der Waals surface area contributed by atoms with Gasteiger partial charge in [0.25, 0.3) is 0 Å². The number of rotatable bonds is 16.